The Morgan fingerprint density at radius 2 is 2.05 bits per heavy atom. The third-order valence-corrected chi connectivity index (χ3v) is 4.34. The van der Waals surface area contributed by atoms with Crippen molar-refractivity contribution in [1.82, 2.24) is 0 Å². The third-order valence-electron chi connectivity index (χ3n) is 3.02. The van der Waals surface area contributed by atoms with Gasteiger partial charge in [0, 0.05) is 16.3 Å². The van der Waals surface area contributed by atoms with Gasteiger partial charge in [-0.05, 0) is 29.0 Å². The number of ether oxygens (including phenoxy) is 1. The second kappa shape index (κ2) is 5.54. The summed E-state index contributed by atoms with van der Waals surface area (Å²) in [7, 11) is 0. The van der Waals surface area contributed by atoms with Gasteiger partial charge >= 0.3 is 0 Å². The van der Waals surface area contributed by atoms with Crippen molar-refractivity contribution in [3.8, 4) is 11.8 Å². The average Bonchev–Trinajstić information content (AvgIpc) is 2.88. The van der Waals surface area contributed by atoms with Crippen LogP contribution in [0.3, 0.4) is 0 Å². The molecule has 2 nitrogen and oxygen atoms in total. The lowest BCUT2D eigenvalue weighted by Crippen LogP contribution is -1.94. The first-order valence-electron chi connectivity index (χ1n) is 6.05. The number of nitrogens with zero attached hydrogens (tertiary/aromatic N) is 1. The molecule has 1 aromatic heterocycles. The molecular formula is C16H10ClNOS. The van der Waals surface area contributed by atoms with Crippen LogP contribution in [0, 0.1) is 11.3 Å². The highest BCUT2D eigenvalue weighted by Crippen LogP contribution is 2.28. The normalized spacial score (nSPS) is 10.4. The Morgan fingerprint density at radius 3 is 2.85 bits per heavy atom. The van der Waals surface area contributed by atoms with Gasteiger partial charge in [-0.2, -0.15) is 5.26 Å². The molecule has 0 unspecified atom stereocenters. The van der Waals surface area contributed by atoms with E-state index in [0.29, 0.717) is 22.9 Å². The maximum Gasteiger partial charge on any atom is 0.121 e. The number of hydrogen-bond acceptors (Lipinski definition) is 3. The van der Waals surface area contributed by atoms with E-state index in [-0.39, 0.29) is 0 Å². The maximum atomic E-state index is 8.83. The van der Waals surface area contributed by atoms with E-state index in [1.807, 2.05) is 18.2 Å². The standard InChI is InChI=1S/C16H10ClNOS/c17-15-7-13(6-5-11(15)8-18)19-9-12-10-20-16-4-2-1-3-14(12)16/h1-7,10H,9H2. The van der Waals surface area contributed by atoms with Crippen molar-refractivity contribution in [2.24, 2.45) is 0 Å². The summed E-state index contributed by atoms with van der Waals surface area (Å²) in [6.07, 6.45) is 0. The minimum Gasteiger partial charge on any atom is -0.489 e. The van der Waals surface area contributed by atoms with Crippen LogP contribution < -0.4 is 4.74 Å². The molecule has 0 bridgehead atoms. The predicted octanol–water partition coefficient (Wildman–Crippen LogP) is 5.01. The van der Waals surface area contributed by atoms with E-state index >= 15 is 0 Å². The fourth-order valence-electron chi connectivity index (χ4n) is 1.98. The van der Waals surface area contributed by atoms with Gasteiger partial charge in [-0.25, -0.2) is 0 Å². The Labute approximate surface area is 125 Å². The van der Waals surface area contributed by atoms with Gasteiger partial charge in [0.2, 0.25) is 0 Å². The smallest absolute Gasteiger partial charge is 0.121 e. The second-order valence-corrected chi connectivity index (χ2v) is 5.62. The number of rotatable bonds is 3. The van der Waals surface area contributed by atoms with E-state index < -0.39 is 0 Å². The summed E-state index contributed by atoms with van der Waals surface area (Å²) in [6, 6.07) is 15.4. The van der Waals surface area contributed by atoms with Crippen molar-refractivity contribution < 1.29 is 4.74 Å². The van der Waals surface area contributed by atoms with Gasteiger partial charge in [0.1, 0.15) is 18.4 Å². The predicted molar refractivity (Wildman–Crippen MR) is 82.3 cm³/mol. The van der Waals surface area contributed by atoms with Crippen LogP contribution in [0.2, 0.25) is 5.02 Å². The Morgan fingerprint density at radius 1 is 1.20 bits per heavy atom. The van der Waals surface area contributed by atoms with Crippen molar-refractivity contribution in [2.75, 3.05) is 0 Å². The summed E-state index contributed by atoms with van der Waals surface area (Å²) in [4.78, 5) is 0. The average molecular weight is 300 g/mol. The number of thiophene rings is 1. The first-order valence-corrected chi connectivity index (χ1v) is 7.31. The first-order chi connectivity index (χ1) is 9.78. The molecule has 0 aliphatic heterocycles. The molecule has 0 saturated carbocycles. The molecule has 3 aromatic rings. The van der Waals surface area contributed by atoms with E-state index in [1.54, 1.807) is 29.5 Å². The van der Waals surface area contributed by atoms with Gasteiger partial charge in [0.05, 0.1) is 10.6 Å². The van der Waals surface area contributed by atoms with E-state index in [2.05, 4.69) is 17.5 Å². The summed E-state index contributed by atoms with van der Waals surface area (Å²) in [5.41, 5.74) is 1.62. The quantitative estimate of drug-likeness (QED) is 0.681. The molecule has 0 aliphatic rings. The number of nitriles is 1. The lowest BCUT2D eigenvalue weighted by atomic mass is 10.2. The lowest BCUT2D eigenvalue weighted by molar-refractivity contribution is 0.308. The molecule has 0 atom stereocenters. The SMILES string of the molecule is N#Cc1ccc(OCc2csc3ccccc23)cc1Cl. The highest BCUT2D eigenvalue weighted by Gasteiger charge is 2.06. The van der Waals surface area contributed by atoms with Crippen molar-refractivity contribution in [1.29, 1.82) is 5.26 Å². The van der Waals surface area contributed by atoms with Crippen LogP contribution >= 0.6 is 22.9 Å². The van der Waals surface area contributed by atoms with Gasteiger partial charge in [-0.15, -0.1) is 11.3 Å². The maximum absolute atomic E-state index is 8.83. The molecule has 0 N–H and O–H groups in total. The Bertz CT molecular complexity index is 804. The van der Waals surface area contributed by atoms with Crippen LogP contribution in [0.4, 0.5) is 0 Å². The highest BCUT2D eigenvalue weighted by molar-refractivity contribution is 7.17. The summed E-state index contributed by atoms with van der Waals surface area (Å²) in [6.45, 7) is 0.492. The van der Waals surface area contributed by atoms with Crippen LogP contribution in [0.15, 0.2) is 47.8 Å². The number of fused-ring (bicyclic) bond motifs is 1. The van der Waals surface area contributed by atoms with Gasteiger partial charge in [0.15, 0.2) is 0 Å². The lowest BCUT2D eigenvalue weighted by Gasteiger charge is -2.06. The van der Waals surface area contributed by atoms with Crippen LogP contribution in [0.25, 0.3) is 10.1 Å². The topological polar surface area (TPSA) is 33.0 Å². The molecule has 0 saturated heterocycles. The molecule has 1 heterocycles. The molecule has 4 heteroatoms. The van der Waals surface area contributed by atoms with Gasteiger partial charge in [-0.1, -0.05) is 29.8 Å². The zero-order chi connectivity index (χ0) is 13.9. The van der Waals surface area contributed by atoms with Crippen molar-refractivity contribution >= 4 is 33.0 Å². The Kier molecular flexibility index (Phi) is 3.60. The summed E-state index contributed by atoms with van der Waals surface area (Å²) < 4.78 is 7.01. The molecule has 0 aliphatic carbocycles. The molecule has 0 spiro atoms. The fraction of sp³-hybridized carbons (Fsp3) is 0.0625. The van der Waals surface area contributed by atoms with Gasteiger partial charge < -0.3 is 4.74 Å². The minimum absolute atomic E-state index is 0.417. The van der Waals surface area contributed by atoms with Crippen molar-refractivity contribution in [3.63, 3.8) is 0 Å². The second-order valence-electron chi connectivity index (χ2n) is 4.30. The van der Waals surface area contributed by atoms with E-state index in [9.17, 15) is 0 Å². The molecule has 2 aromatic carbocycles. The van der Waals surface area contributed by atoms with Crippen molar-refractivity contribution in [2.45, 2.75) is 6.61 Å². The van der Waals surface area contributed by atoms with Gasteiger partial charge in [-0.3, -0.25) is 0 Å². The zero-order valence-electron chi connectivity index (χ0n) is 10.5. The first kappa shape index (κ1) is 13.0. The zero-order valence-corrected chi connectivity index (χ0v) is 12.0. The fourth-order valence-corrected chi connectivity index (χ4v) is 3.14. The summed E-state index contributed by atoms with van der Waals surface area (Å²) in [5.74, 6) is 0.671. The van der Waals surface area contributed by atoms with Crippen molar-refractivity contribution in [3.05, 3.63) is 64.0 Å². The number of halogens is 1. The van der Waals surface area contributed by atoms with E-state index in [1.165, 1.54) is 10.1 Å². The van der Waals surface area contributed by atoms with E-state index in [4.69, 9.17) is 21.6 Å². The van der Waals surface area contributed by atoms with Crippen LogP contribution in [-0.4, -0.2) is 0 Å². The molecule has 0 amide bonds. The Hall–Kier alpha value is -2.02. The molecular weight excluding hydrogens is 290 g/mol. The molecule has 98 valence electrons. The molecule has 3 rings (SSSR count). The minimum atomic E-state index is 0.417. The molecule has 20 heavy (non-hydrogen) atoms. The van der Waals surface area contributed by atoms with Crippen LogP contribution in [-0.2, 0) is 6.61 Å². The molecule has 0 radical (unpaired) electrons. The molecule has 0 fully saturated rings. The van der Waals surface area contributed by atoms with Crippen LogP contribution in [0.5, 0.6) is 5.75 Å². The Balaban J connectivity index is 1.80. The monoisotopic (exact) mass is 299 g/mol. The van der Waals surface area contributed by atoms with Gasteiger partial charge in [0.25, 0.3) is 0 Å². The number of hydrogen-bond donors (Lipinski definition) is 0. The highest BCUT2D eigenvalue weighted by atomic mass is 35.5. The summed E-state index contributed by atoms with van der Waals surface area (Å²) >= 11 is 7.69. The largest absolute Gasteiger partial charge is 0.489 e. The third kappa shape index (κ3) is 2.49. The summed E-state index contributed by atoms with van der Waals surface area (Å²) in [5, 5.41) is 12.6. The number of benzene rings is 2. The van der Waals surface area contributed by atoms with Crippen LogP contribution in [0.1, 0.15) is 11.1 Å². The van der Waals surface area contributed by atoms with E-state index in [0.717, 1.165) is 5.56 Å².